The van der Waals surface area contributed by atoms with Gasteiger partial charge in [0.25, 0.3) is 0 Å². The van der Waals surface area contributed by atoms with Crippen molar-refractivity contribution in [1.29, 1.82) is 0 Å². The van der Waals surface area contributed by atoms with Gasteiger partial charge in [0.05, 0.1) is 5.41 Å². The summed E-state index contributed by atoms with van der Waals surface area (Å²) in [6.07, 6.45) is 2.40. The summed E-state index contributed by atoms with van der Waals surface area (Å²) in [5.41, 5.74) is -0.666. The predicted octanol–water partition coefficient (Wildman–Crippen LogP) is 0.903. The number of aliphatic carboxylic acids is 1. The third-order valence-corrected chi connectivity index (χ3v) is 3.60. The van der Waals surface area contributed by atoms with E-state index in [2.05, 4.69) is 12.2 Å². The van der Waals surface area contributed by atoms with Gasteiger partial charge in [-0.05, 0) is 25.2 Å². The lowest BCUT2D eigenvalue weighted by Gasteiger charge is -2.18. The number of carboxylic acids is 1. The molecule has 1 saturated carbocycles. The van der Waals surface area contributed by atoms with Gasteiger partial charge in [0.2, 0.25) is 0 Å². The van der Waals surface area contributed by atoms with Crippen LogP contribution in [0.15, 0.2) is 0 Å². The first kappa shape index (κ1) is 11.2. The Kier molecular flexibility index (Phi) is 2.78. The van der Waals surface area contributed by atoms with Crippen LogP contribution in [-0.2, 0) is 4.79 Å². The molecule has 1 heterocycles. The molecule has 2 rings (SSSR count). The van der Waals surface area contributed by atoms with E-state index in [0.717, 1.165) is 19.5 Å². The normalized spacial score (nSPS) is 26.6. The smallest absolute Gasteiger partial charge is 0.317 e. The second-order valence-electron chi connectivity index (χ2n) is 5.08. The Morgan fingerprint density at radius 3 is 2.62 bits per heavy atom. The van der Waals surface area contributed by atoms with Crippen LogP contribution >= 0.6 is 0 Å². The third kappa shape index (κ3) is 2.13. The molecule has 0 aromatic rings. The van der Waals surface area contributed by atoms with E-state index in [4.69, 9.17) is 5.11 Å². The van der Waals surface area contributed by atoms with Crippen molar-refractivity contribution in [2.24, 2.45) is 11.3 Å². The average molecular weight is 226 g/mol. The molecule has 0 spiro atoms. The van der Waals surface area contributed by atoms with Crippen LogP contribution in [0.5, 0.6) is 0 Å². The van der Waals surface area contributed by atoms with E-state index in [1.165, 1.54) is 0 Å². The van der Waals surface area contributed by atoms with Gasteiger partial charge in [-0.25, -0.2) is 4.79 Å². The summed E-state index contributed by atoms with van der Waals surface area (Å²) in [4.78, 5) is 24.4. The molecule has 2 fully saturated rings. The van der Waals surface area contributed by atoms with E-state index in [-0.39, 0.29) is 12.6 Å². The molecular weight excluding hydrogens is 208 g/mol. The molecule has 0 aromatic carbocycles. The third-order valence-electron chi connectivity index (χ3n) is 3.60. The molecule has 16 heavy (non-hydrogen) atoms. The zero-order chi connectivity index (χ0) is 11.8. The lowest BCUT2D eigenvalue weighted by atomic mass is 10.1. The van der Waals surface area contributed by atoms with E-state index in [9.17, 15) is 9.59 Å². The number of rotatable bonds is 3. The Morgan fingerprint density at radius 1 is 1.50 bits per heavy atom. The maximum atomic E-state index is 11.7. The van der Waals surface area contributed by atoms with E-state index in [0.29, 0.717) is 18.8 Å². The van der Waals surface area contributed by atoms with Gasteiger partial charge in [0, 0.05) is 19.6 Å². The van der Waals surface area contributed by atoms with Crippen LogP contribution in [0.3, 0.4) is 0 Å². The molecule has 5 heteroatoms. The van der Waals surface area contributed by atoms with Gasteiger partial charge in [-0.2, -0.15) is 0 Å². The standard InChI is InChI=1S/C11H18N2O3/c1-8-2-5-13(6-8)10(16)12-7-11(3-4-11)9(14)15/h8H,2-7H2,1H3,(H,12,16)(H,14,15). The first-order chi connectivity index (χ1) is 7.53. The van der Waals surface area contributed by atoms with Crippen molar-refractivity contribution < 1.29 is 14.7 Å². The van der Waals surface area contributed by atoms with E-state index in [1.54, 1.807) is 4.90 Å². The Hall–Kier alpha value is -1.26. The molecule has 90 valence electrons. The number of carbonyl (C=O) groups excluding carboxylic acids is 1. The summed E-state index contributed by atoms with van der Waals surface area (Å²) in [5, 5.41) is 11.7. The molecule has 5 nitrogen and oxygen atoms in total. The molecule has 0 radical (unpaired) electrons. The van der Waals surface area contributed by atoms with Crippen LogP contribution in [-0.4, -0.2) is 41.6 Å². The number of hydrogen-bond donors (Lipinski definition) is 2. The van der Waals surface area contributed by atoms with Crippen molar-refractivity contribution >= 4 is 12.0 Å². The summed E-state index contributed by atoms with van der Waals surface area (Å²) >= 11 is 0. The lowest BCUT2D eigenvalue weighted by Crippen LogP contribution is -2.42. The highest BCUT2D eigenvalue weighted by molar-refractivity contribution is 5.80. The van der Waals surface area contributed by atoms with Crippen LogP contribution < -0.4 is 5.32 Å². The quantitative estimate of drug-likeness (QED) is 0.751. The molecule has 1 aliphatic carbocycles. The molecular formula is C11H18N2O3. The number of likely N-dealkylation sites (tertiary alicyclic amines) is 1. The number of carboxylic acid groups (broad SMARTS) is 1. The van der Waals surface area contributed by atoms with E-state index in [1.807, 2.05) is 0 Å². The van der Waals surface area contributed by atoms with Crippen LogP contribution in [0.2, 0.25) is 0 Å². The number of nitrogens with zero attached hydrogens (tertiary/aromatic N) is 1. The minimum absolute atomic E-state index is 0.114. The highest BCUT2D eigenvalue weighted by Gasteiger charge is 2.50. The molecule has 1 unspecified atom stereocenters. The molecule has 2 amide bonds. The van der Waals surface area contributed by atoms with Crippen molar-refractivity contribution in [2.75, 3.05) is 19.6 Å². The average Bonchev–Trinajstić information content (AvgIpc) is 2.92. The molecule has 1 atom stereocenters. The Morgan fingerprint density at radius 2 is 2.19 bits per heavy atom. The van der Waals surface area contributed by atoms with Gasteiger partial charge in [-0.1, -0.05) is 6.92 Å². The molecule has 0 bridgehead atoms. The number of nitrogens with one attached hydrogen (secondary N) is 1. The van der Waals surface area contributed by atoms with Gasteiger partial charge in [-0.3, -0.25) is 4.79 Å². The summed E-state index contributed by atoms with van der Waals surface area (Å²) in [6.45, 7) is 3.96. The molecule has 2 N–H and O–H groups in total. The van der Waals surface area contributed by atoms with E-state index < -0.39 is 11.4 Å². The fourth-order valence-electron chi connectivity index (χ4n) is 2.09. The van der Waals surface area contributed by atoms with Crippen LogP contribution in [0, 0.1) is 11.3 Å². The van der Waals surface area contributed by atoms with Crippen LogP contribution in [0.1, 0.15) is 26.2 Å². The van der Waals surface area contributed by atoms with Gasteiger partial charge in [-0.15, -0.1) is 0 Å². The summed E-state index contributed by atoms with van der Waals surface area (Å²) in [6, 6.07) is -0.114. The zero-order valence-electron chi connectivity index (χ0n) is 9.53. The molecule has 0 aromatic heterocycles. The van der Waals surface area contributed by atoms with Crippen molar-refractivity contribution in [3.05, 3.63) is 0 Å². The topological polar surface area (TPSA) is 69.6 Å². The van der Waals surface area contributed by atoms with Crippen LogP contribution in [0.25, 0.3) is 0 Å². The van der Waals surface area contributed by atoms with Crippen molar-refractivity contribution in [3.8, 4) is 0 Å². The van der Waals surface area contributed by atoms with Crippen molar-refractivity contribution in [3.63, 3.8) is 0 Å². The Bertz CT molecular complexity index is 312. The molecule has 1 aliphatic heterocycles. The second kappa shape index (κ2) is 3.96. The van der Waals surface area contributed by atoms with Gasteiger partial charge in [0.15, 0.2) is 0 Å². The maximum Gasteiger partial charge on any atom is 0.317 e. The SMILES string of the molecule is CC1CCN(C(=O)NCC2(C(=O)O)CC2)C1. The fraction of sp³-hybridized carbons (Fsp3) is 0.818. The van der Waals surface area contributed by atoms with E-state index >= 15 is 0 Å². The Labute approximate surface area is 94.8 Å². The number of amides is 2. The first-order valence-electron chi connectivity index (χ1n) is 5.80. The highest BCUT2D eigenvalue weighted by atomic mass is 16.4. The summed E-state index contributed by atoms with van der Waals surface area (Å²) < 4.78 is 0. The summed E-state index contributed by atoms with van der Waals surface area (Å²) in [7, 11) is 0. The number of hydrogen-bond acceptors (Lipinski definition) is 2. The fourth-order valence-corrected chi connectivity index (χ4v) is 2.09. The summed E-state index contributed by atoms with van der Waals surface area (Å²) in [5.74, 6) is -0.234. The second-order valence-corrected chi connectivity index (χ2v) is 5.08. The monoisotopic (exact) mass is 226 g/mol. The Balaban J connectivity index is 1.78. The number of carbonyl (C=O) groups is 2. The maximum absolute atomic E-state index is 11.7. The molecule has 2 aliphatic rings. The van der Waals surface area contributed by atoms with Crippen LogP contribution in [0.4, 0.5) is 4.79 Å². The first-order valence-corrected chi connectivity index (χ1v) is 5.80. The zero-order valence-corrected chi connectivity index (χ0v) is 9.53. The van der Waals surface area contributed by atoms with Gasteiger partial charge >= 0.3 is 12.0 Å². The minimum atomic E-state index is -0.789. The number of urea groups is 1. The van der Waals surface area contributed by atoms with Gasteiger partial charge < -0.3 is 15.3 Å². The lowest BCUT2D eigenvalue weighted by molar-refractivity contribution is -0.143. The van der Waals surface area contributed by atoms with Crippen molar-refractivity contribution in [1.82, 2.24) is 10.2 Å². The molecule has 1 saturated heterocycles. The van der Waals surface area contributed by atoms with Gasteiger partial charge in [0.1, 0.15) is 0 Å². The highest BCUT2D eigenvalue weighted by Crippen LogP contribution is 2.45. The largest absolute Gasteiger partial charge is 0.481 e. The van der Waals surface area contributed by atoms with Crippen molar-refractivity contribution in [2.45, 2.75) is 26.2 Å². The predicted molar refractivity (Wildman–Crippen MR) is 58.1 cm³/mol. The minimum Gasteiger partial charge on any atom is -0.481 e.